The van der Waals surface area contributed by atoms with E-state index in [4.69, 9.17) is 9.47 Å². The van der Waals surface area contributed by atoms with E-state index in [9.17, 15) is 9.59 Å². The van der Waals surface area contributed by atoms with Crippen molar-refractivity contribution in [3.8, 4) is 0 Å². The van der Waals surface area contributed by atoms with Crippen molar-refractivity contribution in [2.75, 3.05) is 9.80 Å². The third kappa shape index (κ3) is 4.43. The molecule has 0 radical (unpaired) electrons. The van der Waals surface area contributed by atoms with E-state index in [1.807, 2.05) is 94.7 Å². The third-order valence-corrected chi connectivity index (χ3v) is 10.9. The predicted octanol–water partition coefficient (Wildman–Crippen LogP) is 11.0. The van der Waals surface area contributed by atoms with Crippen molar-refractivity contribution in [2.24, 2.45) is 0 Å². The lowest BCUT2D eigenvalue weighted by atomic mass is 9.81. The molecular weight excluding hydrogens is 683 g/mol. The fraction of sp³-hybridized carbons (Fsp3) is 0.0870. The second kappa shape index (κ2) is 11.3. The number of carbonyl (C=O) groups excluding carboxylic acids is 2. The number of hydrogen-bond donors (Lipinski definition) is 0. The number of nitrogens with zero attached hydrogens (tertiary/aromatic N) is 2. The monoisotopic (exact) mass is 712 g/mol. The van der Waals surface area contributed by atoms with Crippen LogP contribution in [-0.2, 0) is 30.4 Å². The highest BCUT2D eigenvalue weighted by Crippen LogP contribution is 2.56. The Kier molecular flexibility index (Phi) is 6.70. The van der Waals surface area contributed by atoms with E-state index in [1.165, 1.54) is 13.8 Å². The fourth-order valence-electron chi connectivity index (χ4n) is 8.31. The van der Waals surface area contributed by atoms with Gasteiger partial charge in [0.25, 0.3) is 0 Å². The van der Waals surface area contributed by atoms with Gasteiger partial charge in [0.2, 0.25) is 0 Å². The minimum absolute atomic E-state index is 0.00883. The summed E-state index contributed by atoms with van der Waals surface area (Å²) >= 11 is 0. The van der Waals surface area contributed by atoms with Gasteiger partial charge in [0.05, 0.1) is 22.7 Å². The van der Waals surface area contributed by atoms with Crippen LogP contribution < -0.4 is 9.80 Å². The van der Waals surface area contributed by atoms with Gasteiger partial charge in [-0.3, -0.25) is 0 Å². The van der Waals surface area contributed by atoms with Gasteiger partial charge in [-0.25, -0.2) is 18.4 Å². The second-order valence-corrected chi connectivity index (χ2v) is 14.0. The number of hydrogen-bond acceptors (Lipinski definition) is 6. The first-order valence-corrected chi connectivity index (χ1v) is 17.6. The molecule has 0 amide bonds. The quantitative estimate of drug-likeness (QED) is 0.170. The molecule has 0 bridgehead atoms. The number of ether oxygens (including phenoxy) is 2. The standard InChI is InChI=1S/C46H30F2N2O4/c1-45(47)31-17-9-11-19-35(31)49(29-13-5-3-6-14-29)37-23-21-27(25-33(37)45)39-41-42(54-43(39)51)40(44(52)53-41)28-22-24-38-34(26-28)46(2,48)32-18-10-12-20-36(32)50(38)30-15-7-4-8-16-30/h3-26H,1-2H3. The van der Waals surface area contributed by atoms with Gasteiger partial charge in [-0.15, -0.1) is 0 Å². The Labute approximate surface area is 309 Å². The van der Waals surface area contributed by atoms with Crippen molar-refractivity contribution in [1.82, 2.24) is 0 Å². The van der Waals surface area contributed by atoms with Crippen LogP contribution in [0.25, 0.3) is 11.1 Å². The Hall–Kier alpha value is -6.80. The zero-order valence-electron chi connectivity index (χ0n) is 29.1. The van der Waals surface area contributed by atoms with Crippen molar-refractivity contribution in [3.63, 3.8) is 0 Å². The number of rotatable bonds is 4. The highest BCUT2D eigenvalue weighted by atomic mass is 19.1. The van der Waals surface area contributed by atoms with E-state index in [1.54, 1.807) is 60.7 Å². The molecule has 0 aliphatic carbocycles. The van der Waals surface area contributed by atoms with E-state index in [0.717, 1.165) is 11.4 Å². The number of anilines is 6. The number of para-hydroxylation sites is 4. The van der Waals surface area contributed by atoms with Crippen LogP contribution in [0.3, 0.4) is 0 Å². The number of carbonyl (C=O) groups is 2. The lowest BCUT2D eigenvalue weighted by Gasteiger charge is -2.39. The Balaban J connectivity index is 1.11. The summed E-state index contributed by atoms with van der Waals surface area (Å²) in [5.41, 5.74) is 2.81. The van der Waals surface area contributed by atoms with E-state index in [0.29, 0.717) is 56.1 Å². The maximum absolute atomic E-state index is 17.1. The number of esters is 2. The van der Waals surface area contributed by atoms with Crippen LogP contribution in [0.2, 0.25) is 0 Å². The van der Waals surface area contributed by atoms with Gasteiger partial charge in [-0.2, -0.15) is 0 Å². The fourth-order valence-corrected chi connectivity index (χ4v) is 8.31. The molecule has 0 saturated carbocycles. The van der Waals surface area contributed by atoms with Gasteiger partial charge in [-0.05, 0) is 85.6 Å². The molecule has 2 atom stereocenters. The van der Waals surface area contributed by atoms with Crippen LogP contribution in [-0.4, -0.2) is 11.9 Å². The lowest BCUT2D eigenvalue weighted by Crippen LogP contribution is -2.29. The predicted molar refractivity (Wildman–Crippen MR) is 203 cm³/mol. The molecule has 10 rings (SSSR count). The zero-order chi connectivity index (χ0) is 36.9. The maximum Gasteiger partial charge on any atom is 0.348 e. The molecule has 4 aliphatic heterocycles. The first kappa shape index (κ1) is 31.9. The minimum atomic E-state index is -1.93. The summed E-state index contributed by atoms with van der Waals surface area (Å²) in [7, 11) is 0. The molecule has 6 aromatic carbocycles. The molecule has 0 N–H and O–H groups in total. The Morgan fingerprint density at radius 2 is 0.796 bits per heavy atom. The van der Waals surface area contributed by atoms with Gasteiger partial charge >= 0.3 is 11.9 Å². The first-order valence-electron chi connectivity index (χ1n) is 17.6. The number of fused-ring (bicyclic) bond motifs is 5. The molecule has 2 unspecified atom stereocenters. The summed E-state index contributed by atoms with van der Waals surface area (Å²) in [5, 5.41) is 0. The normalized spacial score (nSPS) is 20.9. The van der Waals surface area contributed by atoms with Crippen molar-refractivity contribution in [3.05, 3.63) is 190 Å². The molecule has 8 heteroatoms. The smallest absolute Gasteiger partial charge is 0.348 e. The molecule has 4 heterocycles. The number of benzene rings is 6. The molecule has 0 aromatic heterocycles. The van der Waals surface area contributed by atoms with E-state index < -0.39 is 23.3 Å². The maximum atomic E-state index is 17.1. The van der Waals surface area contributed by atoms with Gasteiger partial charge in [-0.1, -0.05) is 84.9 Å². The van der Waals surface area contributed by atoms with Gasteiger partial charge < -0.3 is 19.3 Å². The highest BCUT2D eigenvalue weighted by molar-refractivity contribution is 6.29. The molecule has 0 spiro atoms. The molecule has 6 aromatic rings. The van der Waals surface area contributed by atoms with Gasteiger partial charge in [0.1, 0.15) is 11.1 Å². The summed E-state index contributed by atoms with van der Waals surface area (Å²) in [5.74, 6) is -1.57. The molecule has 54 heavy (non-hydrogen) atoms. The Bertz CT molecular complexity index is 2480. The average molecular weight is 713 g/mol. The van der Waals surface area contributed by atoms with E-state index in [2.05, 4.69) is 0 Å². The Morgan fingerprint density at radius 1 is 0.444 bits per heavy atom. The summed E-state index contributed by atoms with van der Waals surface area (Å²) in [6.07, 6.45) is 0. The SMILES string of the molecule is CC1(F)c2ccccc2N(c2ccccc2)c2ccc(C3=C4OC(=O)C(c5ccc6c(c5)C(C)(F)c5ccccc5N6c5ccccc5)=C4OC3=O)cc21. The number of alkyl halides is 2. The number of halogens is 2. The van der Waals surface area contributed by atoms with Crippen LogP contribution in [0.4, 0.5) is 42.9 Å². The second-order valence-electron chi connectivity index (χ2n) is 14.0. The van der Waals surface area contributed by atoms with E-state index >= 15 is 8.78 Å². The summed E-state index contributed by atoms with van der Waals surface area (Å²) < 4.78 is 45.7. The zero-order valence-corrected chi connectivity index (χ0v) is 29.1. The molecule has 6 nitrogen and oxygen atoms in total. The van der Waals surface area contributed by atoms with Crippen molar-refractivity contribution in [2.45, 2.75) is 25.2 Å². The summed E-state index contributed by atoms with van der Waals surface area (Å²) in [6, 6.07) is 44.2. The molecule has 4 aliphatic rings. The van der Waals surface area contributed by atoms with Crippen molar-refractivity contribution >= 4 is 57.2 Å². The van der Waals surface area contributed by atoms with Crippen LogP contribution in [0.1, 0.15) is 47.2 Å². The lowest BCUT2D eigenvalue weighted by molar-refractivity contribution is -0.131. The molecule has 262 valence electrons. The van der Waals surface area contributed by atoms with Crippen molar-refractivity contribution in [1.29, 1.82) is 0 Å². The Morgan fingerprint density at radius 3 is 1.20 bits per heavy atom. The summed E-state index contributed by atoms with van der Waals surface area (Å²) in [6.45, 7) is 3.01. The van der Waals surface area contributed by atoms with Crippen LogP contribution in [0.15, 0.2) is 157 Å². The van der Waals surface area contributed by atoms with E-state index in [-0.39, 0.29) is 22.7 Å². The van der Waals surface area contributed by atoms with Crippen LogP contribution >= 0.6 is 0 Å². The molecule has 0 fully saturated rings. The van der Waals surface area contributed by atoms with Crippen LogP contribution in [0, 0.1) is 0 Å². The molecule has 0 saturated heterocycles. The minimum Gasteiger partial charge on any atom is -0.418 e. The third-order valence-electron chi connectivity index (χ3n) is 10.9. The first-order chi connectivity index (χ1) is 26.1. The molecular formula is C46H30F2N2O4. The summed E-state index contributed by atoms with van der Waals surface area (Å²) in [4.78, 5) is 31.3. The van der Waals surface area contributed by atoms with Gasteiger partial charge in [0, 0.05) is 33.6 Å². The van der Waals surface area contributed by atoms with Gasteiger partial charge in [0.15, 0.2) is 22.9 Å². The average Bonchev–Trinajstić information content (AvgIpc) is 3.67. The van der Waals surface area contributed by atoms with Crippen molar-refractivity contribution < 1.29 is 27.8 Å². The topological polar surface area (TPSA) is 59.1 Å². The largest absolute Gasteiger partial charge is 0.418 e. The highest BCUT2D eigenvalue weighted by Gasteiger charge is 2.47. The van der Waals surface area contributed by atoms with Crippen LogP contribution in [0.5, 0.6) is 0 Å².